The molecule has 2 heterocycles. The van der Waals surface area contributed by atoms with E-state index in [1.165, 1.54) is 0 Å². The smallest absolute Gasteiger partial charge is 0.272 e. The molecule has 0 saturated carbocycles. The van der Waals surface area contributed by atoms with Crippen LogP contribution in [-0.4, -0.2) is 65.1 Å². The molecule has 1 N–H and O–H groups in total. The van der Waals surface area contributed by atoms with Crippen molar-refractivity contribution in [2.75, 3.05) is 39.3 Å². The highest BCUT2D eigenvalue weighted by molar-refractivity contribution is 5.92. The Hall–Kier alpha value is -1.46. The molecule has 0 aromatic carbocycles. The number of pyridine rings is 1. The molecule has 0 unspecified atom stereocenters. The largest absolute Gasteiger partial charge is 0.395 e. The molecule has 0 spiro atoms. The zero-order valence-corrected chi connectivity index (χ0v) is 10.5. The molecular formula is C13H19N3O2. The number of aliphatic hydroxyl groups excluding tert-OH is 1. The number of hydrogen-bond donors (Lipinski definition) is 1. The van der Waals surface area contributed by atoms with Gasteiger partial charge in [0.05, 0.1) is 6.61 Å². The van der Waals surface area contributed by atoms with Crippen molar-refractivity contribution < 1.29 is 9.90 Å². The number of carbonyl (C=O) groups excluding carboxylic acids is 1. The van der Waals surface area contributed by atoms with Crippen LogP contribution in [0.4, 0.5) is 0 Å². The van der Waals surface area contributed by atoms with Gasteiger partial charge in [-0.05, 0) is 25.1 Å². The minimum atomic E-state index is 0.00134. The molecule has 2 rings (SSSR count). The second-order valence-electron chi connectivity index (χ2n) is 4.43. The minimum Gasteiger partial charge on any atom is -0.395 e. The third kappa shape index (κ3) is 3.27. The van der Waals surface area contributed by atoms with Crippen LogP contribution in [0.1, 0.15) is 16.9 Å². The number of rotatable bonds is 3. The van der Waals surface area contributed by atoms with Gasteiger partial charge in [-0.25, -0.2) is 0 Å². The van der Waals surface area contributed by atoms with E-state index >= 15 is 0 Å². The van der Waals surface area contributed by atoms with Crippen LogP contribution in [0.2, 0.25) is 0 Å². The van der Waals surface area contributed by atoms with Gasteiger partial charge >= 0.3 is 0 Å². The Morgan fingerprint density at radius 2 is 2.17 bits per heavy atom. The van der Waals surface area contributed by atoms with Gasteiger partial charge < -0.3 is 10.0 Å². The summed E-state index contributed by atoms with van der Waals surface area (Å²) in [5.41, 5.74) is 0.508. The molecule has 0 atom stereocenters. The Bertz CT molecular complexity index is 383. The van der Waals surface area contributed by atoms with Gasteiger partial charge in [-0.15, -0.1) is 0 Å². The molecule has 5 nitrogen and oxygen atoms in total. The van der Waals surface area contributed by atoms with Crippen molar-refractivity contribution >= 4 is 5.91 Å². The third-order valence-corrected chi connectivity index (χ3v) is 3.18. The monoisotopic (exact) mass is 249 g/mol. The van der Waals surface area contributed by atoms with Crippen molar-refractivity contribution in [1.82, 2.24) is 14.8 Å². The second-order valence-corrected chi connectivity index (χ2v) is 4.43. The molecule has 1 aliphatic rings. The van der Waals surface area contributed by atoms with Gasteiger partial charge in [-0.1, -0.05) is 6.07 Å². The van der Waals surface area contributed by atoms with Gasteiger partial charge in [0.25, 0.3) is 5.91 Å². The van der Waals surface area contributed by atoms with Crippen molar-refractivity contribution in [3.63, 3.8) is 0 Å². The van der Waals surface area contributed by atoms with Crippen LogP contribution in [-0.2, 0) is 0 Å². The first-order valence-corrected chi connectivity index (χ1v) is 6.35. The average molecular weight is 249 g/mol. The summed E-state index contributed by atoms with van der Waals surface area (Å²) in [6.07, 6.45) is 2.59. The summed E-state index contributed by atoms with van der Waals surface area (Å²) < 4.78 is 0. The zero-order chi connectivity index (χ0) is 12.8. The topological polar surface area (TPSA) is 56.7 Å². The first-order valence-electron chi connectivity index (χ1n) is 6.35. The molecule has 1 fully saturated rings. The van der Waals surface area contributed by atoms with Crippen LogP contribution in [0, 0.1) is 0 Å². The van der Waals surface area contributed by atoms with E-state index in [4.69, 9.17) is 5.11 Å². The van der Waals surface area contributed by atoms with Gasteiger partial charge in [-0.2, -0.15) is 0 Å². The van der Waals surface area contributed by atoms with E-state index in [0.29, 0.717) is 18.8 Å². The summed E-state index contributed by atoms with van der Waals surface area (Å²) in [5.74, 6) is 0.00134. The Kier molecular flexibility index (Phi) is 4.66. The molecular weight excluding hydrogens is 230 g/mol. The van der Waals surface area contributed by atoms with Crippen LogP contribution < -0.4 is 0 Å². The maximum Gasteiger partial charge on any atom is 0.272 e. The average Bonchev–Trinajstić information content (AvgIpc) is 2.65. The summed E-state index contributed by atoms with van der Waals surface area (Å²) in [5, 5.41) is 8.93. The third-order valence-electron chi connectivity index (χ3n) is 3.18. The second kappa shape index (κ2) is 6.47. The highest BCUT2D eigenvalue weighted by atomic mass is 16.3. The lowest BCUT2D eigenvalue weighted by Crippen LogP contribution is -2.36. The van der Waals surface area contributed by atoms with Crippen LogP contribution in [0.15, 0.2) is 24.4 Å². The SMILES string of the molecule is O=C(c1ccccn1)N1CCCN(CCO)CC1. The van der Waals surface area contributed by atoms with Crippen LogP contribution >= 0.6 is 0 Å². The van der Waals surface area contributed by atoms with Crippen LogP contribution in [0.5, 0.6) is 0 Å². The van der Waals surface area contributed by atoms with Gasteiger partial charge in [-0.3, -0.25) is 14.7 Å². The van der Waals surface area contributed by atoms with Gasteiger partial charge in [0.15, 0.2) is 0 Å². The van der Waals surface area contributed by atoms with E-state index in [2.05, 4.69) is 9.88 Å². The van der Waals surface area contributed by atoms with Gasteiger partial charge in [0.1, 0.15) is 5.69 Å². The summed E-state index contributed by atoms with van der Waals surface area (Å²) in [6.45, 7) is 4.08. The quantitative estimate of drug-likeness (QED) is 0.832. The summed E-state index contributed by atoms with van der Waals surface area (Å²) >= 11 is 0. The van der Waals surface area contributed by atoms with Crippen molar-refractivity contribution in [2.24, 2.45) is 0 Å². The summed E-state index contributed by atoms with van der Waals surface area (Å²) in [7, 11) is 0. The predicted molar refractivity (Wildman–Crippen MR) is 68.3 cm³/mol. The van der Waals surface area contributed by atoms with E-state index in [9.17, 15) is 4.79 Å². The van der Waals surface area contributed by atoms with Crippen molar-refractivity contribution in [3.8, 4) is 0 Å². The first kappa shape index (κ1) is 13.0. The normalized spacial score (nSPS) is 17.5. The highest BCUT2D eigenvalue weighted by Crippen LogP contribution is 2.07. The molecule has 1 aromatic heterocycles. The standard InChI is InChI=1S/C13H19N3O2/c17-11-10-15-6-3-7-16(9-8-15)13(18)12-4-1-2-5-14-12/h1-2,4-5,17H,3,6-11H2. The molecule has 1 aliphatic heterocycles. The Morgan fingerprint density at radius 1 is 1.28 bits per heavy atom. The van der Waals surface area contributed by atoms with Crippen molar-refractivity contribution in [3.05, 3.63) is 30.1 Å². The molecule has 0 radical (unpaired) electrons. The fraction of sp³-hybridized carbons (Fsp3) is 0.538. The molecule has 98 valence electrons. The molecule has 0 bridgehead atoms. The molecule has 18 heavy (non-hydrogen) atoms. The number of β-amino-alcohol motifs (C(OH)–C–C–N with tert-alkyl or cyclic N) is 1. The van der Waals surface area contributed by atoms with Crippen molar-refractivity contribution in [2.45, 2.75) is 6.42 Å². The number of aliphatic hydroxyl groups is 1. The predicted octanol–water partition coefficient (Wildman–Crippen LogP) is 0.222. The highest BCUT2D eigenvalue weighted by Gasteiger charge is 2.20. The van der Waals surface area contributed by atoms with E-state index in [1.54, 1.807) is 12.3 Å². The van der Waals surface area contributed by atoms with E-state index in [0.717, 1.165) is 26.1 Å². The fourth-order valence-electron chi connectivity index (χ4n) is 2.19. The first-order chi connectivity index (χ1) is 8.81. The zero-order valence-electron chi connectivity index (χ0n) is 10.5. The molecule has 5 heteroatoms. The van der Waals surface area contributed by atoms with Crippen LogP contribution in [0.25, 0.3) is 0 Å². The Balaban J connectivity index is 1.96. The maximum absolute atomic E-state index is 12.2. The number of hydrogen-bond acceptors (Lipinski definition) is 4. The summed E-state index contributed by atoms with van der Waals surface area (Å²) in [4.78, 5) is 20.3. The Labute approximate surface area is 107 Å². The maximum atomic E-state index is 12.2. The molecule has 1 aromatic rings. The molecule has 1 amide bonds. The van der Waals surface area contributed by atoms with E-state index < -0.39 is 0 Å². The molecule has 0 aliphatic carbocycles. The van der Waals surface area contributed by atoms with Gasteiger partial charge in [0, 0.05) is 32.4 Å². The lowest BCUT2D eigenvalue weighted by atomic mass is 10.3. The number of carbonyl (C=O) groups is 1. The minimum absolute atomic E-state index is 0.00134. The summed E-state index contributed by atoms with van der Waals surface area (Å²) in [6, 6.07) is 5.39. The van der Waals surface area contributed by atoms with E-state index in [1.807, 2.05) is 17.0 Å². The van der Waals surface area contributed by atoms with E-state index in [-0.39, 0.29) is 12.5 Å². The fourth-order valence-corrected chi connectivity index (χ4v) is 2.19. The number of aromatic nitrogens is 1. The lowest BCUT2D eigenvalue weighted by molar-refractivity contribution is 0.0754. The van der Waals surface area contributed by atoms with Gasteiger partial charge in [0.2, 0.25) is 0 Å². The van der Waals surface area contributed by atoms with Crippen molar-refractivity contribution in [1.29, 1.82) is 0 Å². The lowest BCUT2D eigenvalue weighted by Gasteiger charge is -2.21. The molecule has 1 saturated heterocycles. The number of amides is 1. The number of nitrogens with zero attached hydrogens (tertiary/aromatic N) is 3. The van der Waals surface area contributed by atoms with Crippen LogP contribution in [0.3, 0.4) is 0 Å². The Morgan fingerprint density at radius 3 is 2.89 bits per heavy atom.